The van der Waals surface area contributed by atoms with Gasteiger partial charge in [-0.1, -0.05) is 24.3 Å². The van der Waals surface area contributed by atoms with E-state index in [-0.39, 0.29) is 11.8 Å². The van der Waals surface area contributed by atoms with Crippen molar-refractivity contribution < 1.29 is 9.59 Å². The summed E-state index contributed by atoms with van der Waals surface area (Å²) in [6, 6.07) is 0. The second kappa shape index (κ2) is 4.29. The van der Waals surface area contributed by atoms with Crippen LogP contribution in [0.1, 0.15) is 13.8 Å². The quantitative estimate of drug-likeness (QED) is 0.778. The zero-order valence-corrected chi connectivity index (χ0v) is 10.7. The van der Waals surface area contributed by atoms with Crippen molar-refractivity contribution in [3.63, 3.8) is 0 Å². The number of amides is 2. The number of likely N-dealkylation sites (N-methyl/N-ethyl adjacent to an activating group) is 1. The molecule has 0 atom stereocenters. The van der Waals surface area contributed by atoms with Crippen molar-refractivity contribution in [2.75, 3.05) is 7.05 Å². The molecule has 0 spiro atoms. The van der Waals surface area contributed by atoms with Crippen LogP contribution in [0, 0.1) is 0 Å². The molecule has 0 radical (unpaired) electrons. The summed E-state index contributed by atoms with van der Waals surface area (Å²) in [6.45, 7) is 3.35. The van der Waals surface area contributed by atoms with E-state index in [0.717, 1.165) is 11.1 Å². The highest BCUT2D eigenvalue weighted by Gasteiger charge is 2.30. The summed E-state index contributed by atoms with van der Waals surface area (Å²) >= 11 is 0. The first-order valence-electron chi connectivity index (χ1n) is 5.81. The Morgan fingerprint density at radius 1 is 1.17 bits per heavy atom. The third kappa shape index (κ3) is 2.01. The number of nitrogens with one attached hydrogen (secondary N) is 2. The summed E-state index contributed by atoms with van der Waals surface area (Å²) < 4.78 is 0. The highest BCUT2D eigenvalue weighted by molar-refractivity contribution is 6.03. The van der Waals surface area contributed by atoms with Gasteiger partial charge in [0.1, 0.15) is 5.54 Å². The molecule has 2 aliphatic rings. The first kappa shape index (κ1) is 12.4. The number of carbonyl (C=O) groups excluding carboxylic acids is 2. The largest absolute Gasteiger partial charge is 0.357 e. The average molecular weight is 244 g/mol. The van der Waals surface area contributed by atoms with Gasteiger partial charge in [0.25, 0.3) is 5.91 Å². The van der Waals surface area contributed by atoms with Crippen LogP contribution in [-0.2, 0) is 9.59 Å². The maximum Gasteiger partial charge on any atom is 0.252 e. The zero-order chi connectivity index (χ0) is 13.3. The first-order valence-corrected chi connectivity index (χ1v) is 5.81. The predicted octanol–water partition coefficient (Wildman–Crippen LogP) is 0.990. The number of hydrogen-bond donors (Lipinski definition) is 2. The normalized spacial score (nSPS) is 16.7. The van der Waals surface area contributed by atoms with E-state index in [1.165, 1.54) is 0 Å². The Morgan fingerprint density at radius 3 is 2.56 bits per heavy atom. The summed E-state index contributed by atoms with van der Waals surface area (Å²) in [4.78, 5) is 23.8. The van der Waals surface area contributed by atoms with Crippen LogP contribution >= 0.6 is 0 Å². The number of allylic oxidation sites excluding steroid dienone is 6. The van der Waals surface area contributed by atoms with Crippen LogP contribution in [0.15, 0.2) is 47.1 Å². The van der Waals surface area contributed by atoms with Crippen LogP contribution in [0.2, 0.25) is 0 Å². The molecule has 0 heterocycles. The lowest BCUT2D eigenvalue weighted by Gasteiger charge is -2.24. The third-order valence-corrected chi connectivity index (χ3v) is 3.03. The van der Waals surface area contributed by atoms with Crippen LogP contribution in [0.5, 0.6) is 0 Å². The molecule has 2 aliphatic carbocycles. The van der Waals surface area contributed by atoms with E-state index >= 15 is 0 Å². The summed E-state index contributed by atoms with van der Waals surface area (Å²) in [6.07, 6.45) is 9.44. The highest BCUT2D eigenvalue weighted by atomic mass is 16.2. The molecule has 0 saturated carbocycles. The van der Waals surface area contributed by atoms with Gasteiger partial charge in [-0.15, -0.1) is 0 Å². The van der Waals surface area contributed by atoms with Gasteiger partial charge in [0.15, 0.2) is 0 Å². The molecule has 94 valence electrons. The third-order valence-electron chi connectivity index (χ3n) is 3.03. The molecule has 0 fully saturated rings. The fourth-order valence-electron chi connectivity index (χ4n) is 2.01. The van der Waals surface area contributed by atoms with Crippen LogP contribution in [0.25, 0.3) is 0 Å². The molecular formula is C14H16N2O2. The van der Waals surface area contributed by atoms with E-state index in [2.05, 4.69) is 10.6 Å². The molecule has 0 aromatic rings. The Bertz CT molecular complexity index is 534. The van der Waals surface area contributed by atoms with E-state index in [0.29, 0.717) is 5.57 Å². The van der Waals surface area contributed by atoms with Gasteiger partial charge < -0.3 is 10.6 Å². The highest BCUT2D eigenvalue weighted by Crippen LogP contribution is 2.30. The minimum Gasteiger partial charge on any atom is -0.357 e. The molecule has 0 saturated heterocycles. The molecule has 0 aliphatic heterocycles. The minimum absolute atomic E-state index is 0.221. The number of hydrogen-bond acceptors (Lipinski definition) is 2. The Balaban J connectivity index is 2.18. The molecule has 0 aromatic carbocycles. The summed E-state index contributed by atoms with van der Waals surface area (Å²) in [7, 11) is 1.55. The lowest BCUT2D eigenvalue weighted by Crippen LogP contribution is -2.54. The van der Waals surface area contributed by atoms with Crippen molar-refractivity contribution >= 4 is 11.8 Å². The Hall–Kier alpha value is -2.10. The molecule has 18 heavy (non-hydrogen) atoms. The molecule has 0 aromatic heterocycles. The van der Waals surface area contributed by atoms with Crippen LogP contribution in [0.4, 0.5) is 0 Å². The van der Waals surface area contributed by atoms with Crippen LogP contribution < -0.4 is 10.6 Å². The summed E-state index contributed by atoms with van der Waals surface area (Å²) in [5.74, 6) is -0.453. The molecule has 2 rings (SSSR count). The van der Waals surface area contributed by atoms with Crippen molar-refractivity contribution in [2.45, 2.75) is 19.4 Å². The molecule has 0 unspecified atom stereocenters. The van der Waals surface area contributed by atoms with Gasteiger partial charge in [-0.2, -0.15) is 0 Å². The van der Waals surface area contributed by atoms with E-state index in [9.17, 15) is 9.59 Å². The van der Waals surface area contributed by atoms with Gasteiger partial charge in [0.05, 0.1) is 0 Å². The Morgan fingerprint density at radius 2 is 1.89 bits per heavy atom. The monoisotopic (exact) mass is 244 g/mol. The Labute approximate surface area is 106 Å². The van der Waals surface area contributed by atoms with Gasteiger partial charge >= 0.3 is 0 Å². The van der Waals surface area contributed by atoms with E-state index in [1.54, 1.807) is 27.0 Å². The van der Waals surface area contributed by atoms with Crippen molar-refractivity contribution in [1.29, 1.82) is 0 Å². The second-order valence-corrected chi connectivity index (χ2v) is 4.80. The molecule has 4 heteroatoms. The second-order valence-electron chi connectivity index (χ2n) is 4.80. The van der Waals surface area contributed by atoms with Crippen molar-refractivity contribution in [3.05, 3.63) is 47.1 Å². The van der Waals surface area contributed by atoms with E-state index in [1.807, 2.05) is 24.3 Å². The summed E-state index contributed by atoms with van der Waals surface area (Å²) in [5.41, 5.74) is 1.63. The van der Waals surface area contributed by atoms with Crippen LogP contribution in [0.3, 0.4) is 0 Å². The van der Waals surface area contributed by atoms with Gasteiger partial charge in [0.2, 0.25) is 5.91 Å². The average Bonchev–Trinajstić information content (AvgIpc) is 2.88. The molecule has 4 nitrogen and oxygen atoms in total. The lowest BCUT2D eigenvalue weighted by atomic mass is 10.0. The number of carbonyl (C=O) groups is 2. The van der Waals surface area contributed by atoms with E-state index in [4.69, 9.17) is 0 Å². The standard InChI is InChI=1S/C14H16N2O2/c1-14(2,13(18)15-3)16-12(17)11-8-7-9-5-4-6-10(9)11/h4-8H,1-3H3,(H,15,18)(H,16,17). The van der Waals surface area contributed by atoms with Crippen LogP contribution in [-0.4, -0.2) is 24.4 Å². The predicted molar refractivity (Wildman–Crippen MR) is 69.7 cm³/mol. The fourth-order valence-corrected chi connectivity index (χ4v) is 2.01. The first-order chi connectivity index (χ1) is 8.45. The maximum absolute atomic E-state index is 12.2. The minimum atomic E-state index is -0.929. The Kier molecular flexibility index (Phi) is 2.95. The van der Waals surface area contributed by atoms with Gasteiger partial charge in [-0.25, -0.2) is 0 Å². The van der Waals surface area contributed by atoms with Gasteiger partial charge in [0, 0.05) is 12.6 Å². The van der Waals surface area contributed by atoms with Crippen molar-refractivity contribution in [1.82, 2.24) is 10.6 Å². The fraction of sp³-hybridized carbons (Fsp3) is 0.286. The topological polar surface area (TPSA) is 58.2 Å². The molecule has 2 N–H and O–H groups in total. The summed E-state index contributed by atoms with van der Waals surface area (Å²) in [5, 5.41) is 5.27. The van der Waals surface area contributed by atoms with Crippen molar-refractivity contribution in [2.24, 2.45) is 0 Å². The lowest BCUT2D eigenvalue weighted by molar-refractivity contribution is -0.130. The molecule has 2 amide bonds. The zero-order valence-electron chi connectivity index (χ0n) is 10.7. The number of fused-ring (bicyclic) bond motifs is 1. The molecule has 0 bridgehead atoms. The van der Waals surface area contributed by atoms with Gasteiger partial charge in [-0.05, 0) is 31.1 Å². The maximum atomic E-state index is 12.2. The smallest absolute Gasteiger partial charge is 0.252 e. The van der Waals surface area contributed by atoms with Crippen molar-refractivity contribution in [3.8, 4) is 0 Å². The van der Waals surface area contributed by atoms with Gasteiger partial charge in [-0.3, -0.25) is 9.59 Å². The number of rotatable bonds is 3. The van der Waals surface area contributed by atoms with E-state index < -0.39 is 5.54 Å². The molecular weight excluding hydrogens is 228 g/mol. The SMILES string of the molecule is CNC(=O)C(C)(C)NC(=O)C1=C2C=CC=C2C=C1.